The molecule has 0 spiro atoms. The third-order valence-electron chi connectivity index (χ3n) is 6.95. The lowest BCUT2D eigenvalue weighted by Crippen LogP contribution is -2.28. The first-order chi connectivity index (χ1) is 16.8. The molecule has 2 aromatic rings. The first kappa shape index (κ1) is 26.6. The van der Waals surface area contributed by atoms with E-state index in [1.807, 2.05) is 0 Å². The van der Waals surface area contributed by atoms with Gasteiger partial charge in [-0.3, -0.25) is 4.79 Å². The van der Waals surface area contributed by atoms with E-state index in [1.165, 1.54) is 0 Å². The minimum Gasteiger partial charge on any atom is -0.461 e. The highest BCUT2D eigenvalue weighted by Gasteiger charge is 2.37. The number of likely N-dealkylation sites (N-methyl/N-ethyl adjacent to an activating group) is 2. The largest absolute Gasteiger partial charge is 0.461 e. The SMILES string of the molecule is CCN(CC)CCOC(=O)c1ccc2c(c1)-c1c(C(=O)OCCN(CC)CC)c(C)n(C)c1C2=O. The minimum absolute atomic E-state index is 0.163. The number of esters is 2. The van der Waals surface area contributed by atoms with E-state index in [2.05, 4.69) is 37.5 Å². The van der Waals surface area contributed by atoms with Crippen LogP contribution in [0.3, 0.4) is 0 Å². The van der Waals surface area contributed by atoms with E-state index in [4.69, 9.17) is 9.47 Å². The first-order valence-electron chi connectivity index (χ1n) is 12.5. The highest BCUT2D eigenvalue weighted by molar-refractivity contribution is 6.24. The Labute approximate surface area is 207 Å². The fraction of sp³-hybridized carbons (Fsp3) is 0.519. The Balaban J connectivity index is 1.86. The van der Waals surface area contributed by atoms with E-state index < -0.39 is 11.9 Å². The van der Waals surface area contributed by atoms with Crippen LogP contribution in [0.15, 0.2) is 18.2 Å². The van der Waals surface area contributed by atoms with E-state index in [0.717, 1.165) is 26.2 Å². The molecule has 8 heteroatoms. The Morgan fingerprint density at radius 3 is 1.94 bits per heavy atom. The van der Waals surface area contributed by atoms with E-state index in [-0.39, 0.29) is 19.0 Å². The molecular formula is C27H37N3O5. The van der Waals surface area contributed by atoms with Crippen molar-refractivity contribution in [1.82, 2.24) is 14.4 Å². The van der Waals surface area contributed by atoms with Crippen molar-refractivity contribution in [2.75, 3.05) is 52.5 Å². The lowest BCUT2D eigenvalue weighted by atomic mass is 10.00. The van der Waals surface area contributed by atoms with Crippen LogP contribution >= 0.6 is 0 Å². The summed E-state index contributed by atoms with van der Waals surface area (Å²) in [6.07, 6.45) is 0. The van der Waals surface area contributed by atoms with Crippen molar-refractivity contribution >= 4 is 17.7 Å². The predicted molar refractivity (Wildman–Crippen MR) is 135 cm³/mol. The van der Waals surface area contributed by atoms with Crippen LogP contribution in [0.1, 0.15) is 70.2 Å². The van der Waals surface area contributed by atoms with Gasteiger partial charge in [-0.25, -0.2) is 9.59 Å². The average molecular weight is 484 g/mol. The number of aromatic nitrogens is 1. The van der Waals surface area contributed by atoms with Crippen LogP contribution in [0.4, 0.5) is 0 Å². The van der Waals surface area contributed by atoms with Crippen molar-refractivity contribution in [3.05, 3.63) is 46.3 Å². The van der Waals surface area contributed by atoms with E-state index in [1.54, 1.807) is 36.7 Å². The van der Waals surface area contributed by atoms with Gasteiger partial charge in [0.05, 0.1) is 16.8 Å². The maximum Gasteiger partial charge on any atom is 0.340 e. The topological polar surface area (TPSA) is 81.1 Å². The average Bonchev–Trinajstić information content (AvgIpc) is 3.30. The summed E-state index contributed by atoms with van der Waals surface area (Å²) >= 11 is 0. The lowest BCUT2D eigenvalue weighted by Gasteiger charge is -2.18. The van der Waals surface area contributed by atoms with Gasteiger partial charge in [0.25, 0.3) is 0 Å². The number of hydrogen-bond donors (Lipinski definition) is 0. The van der Waals surface area contributed by atoms with Crippen molar-refractivity contribution < 1.29 is 23.9 Å². The number of ether oxygens (including phenoxy) is 2. The van der Waals surface area contributed by atoms with Crippen molar-refractivity contribution in [3.63, 3.8) is 0 Å². The molecule has 0 fully saturated rings. The Hall–Kier alpha value is -2.97. The Bertz CT molecular complexity index is 1100. The molecule has 1 heterocycles. The minimum atomic E-state index is -0.459. The monoisotopic (exact) mass is 483 g/mol. The molecule has 1 aliphatic carbocycles. The van der Waals surface area contributed by atoms with Gasteiger partial charge >= 0.3 is 11.9 Å². The van der Waals surface area contributed by atoms with Gasteiger partial charge < -0.3 is 23.8 Å². The Kier molecular flexibility index (Phi) is 8.86. The van der Waals surface area contributed by atoms with Crippen LogP contribution in [0.2, 0.25) is 0 Å². The number of carbonyl (C=O) groups is 3. The molecule has 8 nitrogen and oxygen atoms in total. The number of hydrogen-bond acceptors (Lipinski definition) is 7. The molecule has 190 valence electrons. The summed E-state index contributed by atoms with van der Waals surface area (Å²) in [5.74, 6) is -1.07. The maximum atomic E-state index is 13.2. The molecule has 0 bridgehead atoms. The summed E-state index contributed by atoms with van der Waals surface area (Å²) < 4.78 is 12.8. The smallest absolute Gasteiger partial charge is 0.340 e. The molecule has 0 saturated carbocycles. The quantitative estimate of drug-likeness (QED) is 0.365. The van der Waals surface area contributed by atoms with Crippen molar-refractivity contribution in [2.45, 2.75) is 34.6 Å². The number of nitrogens with zero attached hydrogens (tertiary/aromatic N) is 3. The maximum absolute atomic E-state index is 13.2. The zero-order valence-electron chi connectivity index (χ0n) is 21.8. The van der Waals surface area contributed by atoms with Gasteiger partial charge in [-0.05, 0) is 56.9 Å². The first-order valence-corrected chi connectivity index (χ1v) is 12.5. The molecule has 3 rings (SSSR count). The van der Waals surface area contributed by atoms with Gasteiger partial charge in [0.15, 0.2) is 0 Å². The third kappa shape index (κ3) is 5.33. The summed E-state index contributed by atoms with van der Waals surface area (Å²) in [6, 6.07) is 4.91. The van der Waals surface area contributed by atoms with Crippen LogP contribution in [-0.4, -0.2) is 84.6 Å². The standard InChI is InChI=1S/C27H37N3O5/c1-7-29(8-2)13-15-34-26(32)19-11-12-20-21(17-19)23-22(18(5)28(6)24(23)25(20)31)27(33)35-16-14-30(9-3)10-4/h11-12,17H,7-10,13-16H2,1-6H3. The van der Waals surface area contributed by atoms with Crippen LogP contribution in [0.25, 0.3) is 11.1 Å². The second-order valence-electron chi connectivity index (χ2n) is 8.66. The number of ketones is 1. The number of carbonyl (C=O) groups excluding carboxylic acids is 3. The second kappa shape index (κ2) is 11.6. The van der Waals surface area contributed by atoms with Crippen LogP contribution < -0.4 is 0 Å². The molecule has 1 aromatic carbocycles. The predicted octanol–water partition coefficient (Wildman–Crippen LogP) is 3.54. The van der Waals surface area contributed by atoms with Gasteiger partial charge in [-0.1, -0.05) is 27.7 Å². The van der Waals surface area contributed by atoms with Crippen molar-refractivity contribution in [1.29, 1.82) is 0 Å². The van der Waals surface area contributed by atoms with E-state index in [0.29, 0.717) is 52.3 Å². The summed E-state index contributed by atoms with van der Waals surface area (Å²) in [7, 11) is 1.77. The van der Waals surface area contributed by atoms with Gasteiger partial charge in [-0.15, -0.1) is 0 Å². The summed E-state index contributed by atoms with van der Waals surface area (Å²) in [5.41, 5.74) is 3.42. The molecule has 0 saturated heterocycles. The zero-order chi connectivity index (χ0) is 25.7. The summed E-state index contributed by atoms with van der Waals surface area (Å²) in [4.78, 5) is 43.4. The van der Waals surface area contributed by atoms with E-state index >= 15 is 0 Å². The molecule has 0 unspecified atom stereocenters. The molecule has 0 atom stereocenters. The second-order valence-corrected chi connectivity index (χ2v) is 8.66. The number of fused-ring (bicyclic) bond motifs is 3. The fourth-order valence-electron chi connectivity index (χ4n) is 4.55. The fourth-order valence-corrected chi connectivity index (χ4v) is 4.55. The highest BCUT2D eigenvalue weighted by atomic mass is 16.5. The van der Waals surface area contributed by atoms with Crippen molar-refractivity contribution in [2.24, 2.45) is 7.05 Å². The third-order valence-corrected chi connectivity index (χ3v) is 6.95. The molecule has 35 heavy (non-hydrogen) atoms. The van der Waals surface area contributed by atoms with Crippen LogP contribution in [0, 0.1) is 6.92 Å². The van der Waals surface area contributed by atoms with Crippen LogP contribution in [0.5, 0.6) is 0 Å². The van der Waals surface area contributed by atoms with Crippen LogP contribution in [-0.2, 0) is 16.5 Å². The van der Waals surface area contributed by atoms with E-state index in [9.17, 15) is 14.4 Å². The molecule has 1 aliphatic rings. The van der Waals surface area contributed by atoms with Crippen molar-refractivity contribution in [3.8, 4) is 11.1 Å². The highest BCUT2D eigenvalue weighted by Crippen LogP contribution is 2.42. The lowest BCUT2D eigenvalue weighted by molar-refractivity contribution is 0.0458. The molecule has 0 radical (unpaired) electrons. The summed E-state index contributed by atoms with van der Waals surface area (Å²) in [5, 5.41) is 0. The Morgan fingerprint density at radius 2 is 1.40 bits per heavy atom. The molecular weight excluding hydrogens is 446 g/mol. The molecule has 1 aromatic heterocycles. The number of rotatable bonds is 12. The summed E-state index contributed by atoms with van der Waals surface area (Å²) in [6.45, 7) is 15.5. The molecule has 0 amide bonds. The van der Waals surface area contributed by atoms with Gasteiger partial charge in [0, 0.05) is 37.0 Å². The number of benzene rings is 1. The zero-order valence-corrected chi connectivity index (χ0v) is 21.8. The normalized spacial score (nSPS) is 12.3. The molecule has 0 N–H and O–H groups in total. The van der Waals surface area contributed by atoms with Gasteiger partial charge in [0.2, 0.25) is 5.78 Å². The van der Waals surface area contributed by atoms with Gasteiger partial charge in [0.1, 0.15) is 13.2 Å². The van der Waals surface area contributed by atoms with Gasteiger partial charge in [-0.2, -0.15) is 0 Å². The Morgan fingerprint density at radius 1 is 0.857 bits per heavy atom. The molecule has 0 aliphatic heterocycles.